The monoisotopic (exact) mass is 373 g/mol. The van der Waals surface area contributed by atoms with Gasteiger partial charge in [0.1, 0.15) is 0 Å². The van der Waals surface area contributed by atoms with Crippen LogP contribution in [0, 0.1) is 0 Å². The van der Waals surface area contributed by atoms with Gasteiger partial charge in [0.05, 0.1) is 12.6 Å². The fraction of sp³-hybridized carbons (Fsp3) is 0.800. The molecule has 154 valence electrons. The van der Waals surface area contributed by atoms with Crippen LogP contribution in [0.3, 0.4) is 0 Å². The van der Waals surface area contributed by atoms with Crippen LogP contribution in [0.1, 0.15) is 90.4 Å². The number of aliphatic hydroxyl groups is 1. The lowest BCUT2D eigenvalue weighted by molar-refractivity contribution is -0.137. The maximum atomic E-state index is 10.3. The topological polar surface area (TPSA) is 121 Å². The van der Waals surface area contributed by atoms with Gasteiger partial charge in [-0.3, -0.25) is 9.59 Å². The van der Waals surface area contributed by atoms with Crippen LogP contribution in [-0.4, -0.2) is 39.9 Å². The van der Waals surface area contributed by atoms with Crippen molar-refractivity contribution in [2.45, 2.75) is 96.5 Å². The average Bonchev–Trinajstić information content (AvgIpc) is 2.60. The van der Waals surface area contributed by atoms with Gasteiger partial charge in [0.25, 0.3) is 0 Å². The maximum Gasteiger partial charge on any atom is 0.317 e. The number of rotatable bonds is 16. The summed E-state index contributed by atoms with van der Waals surface area (Å²) in [5, 5.41) is 25.9. The van der Waals surface area contributed by atoms with E-state index >= 15 is 0 Å². The van der Waals surface area contributed by atoms with Gasteiger partial charge < -0.3 is 21.1 Å². The fourth-order valence-electron chi connectivity index (χ4n) is 2.36. The first-order chi connectivity index (χ1) is 12.4. The molecule has 0 aromatic rings. The summed E-state index contributed by atoms with van der Waals surface area (Å²) in [4.78, 5) is 19.6. The number of aliphatic carboxylic acids is 2. The summed E-state index contributed by atoms with van der Waals surface area (Å²) in [6.45, 7) is 1.92. The molecule has 0 aromatic heterocycles. The summed E-state index contributed by atoms with van der Waals surface area (Å²) in [5.74, 6) is -1.66. The predicted octanol–water partition coefficient (Wildman–Crippen LogP) is 4.11. The van der Waals surface area contributed by atoms with Gasteiger partial charge in [0, 0.05) is 6.42 Å². The SMILES string of the molecule is CCCCCC[C@@H](O)C/C=C\CCCCCCCC(=O)O.NCC(=O)O. The second-order valence-corrected chi connectivity index (χ2v) is 6.51. The molecule has 0 radical (unpaired) electrons. The minimum absolute atomic E-state index is 0.172. The van der Waals surface area contributed by atoms with E-state index in [1.54, 1.807) is 0 Å². The summed E-state index contributed by atoms with van der Waals surface area (Å²) in [6, 6.07) is 0. The Morgan fingerprint density at radius 1 is 0.885 bits per heavy atom. The van der Waals surface area contributed by atoms with Crippen LogP contribution in [0.4, 0.5) is 0 Å². The van der Waals surface area contributed by atoms with Crippen molar-refractivity contribution in [2.75, 3.05) is 6.54 Å². The van der Waals surface area contributed by atoms with Gasteiger partial charge >= 0.3 is 11.9 Å². The number of hydrogen-bond acceptors (Lipinski definition) is 4. The zero-order valence-corrected chi connectivity index (χ0v) is 16.4. The number of hydrogen-bond donors (Lipinski definition) is 4. The first-order valence-corrected chi connectivity index (χ1v) is 9.90. The lowest BCUT2D eigenvalue weighted by Crippen LogP contribution is -2.10. The van der Waals surface area contributed by atoms with E-state index in [2.05, 4.69) is 24.8 Å². The van der Waals surface area contributed by atoms with Crippen molar-refractivity contribution in [1.82, 2.24) is 0 Å². The van der Waals surface area contributed by atoms with E-state index in [9.17, 15) is 14.7 Å². The Balaban J connectivity index is 0. The van der Waals surface area contributed by atoms with E-state index in [1.807, 2.05) is 0 Å². The number of carboxylic acid groups (broad SMARTS) is 2. The van der Waals surface area contributed by atoms with Crippen molar-refractivity contribution < 1.29 is 24.9 Å². The van der Waals surface area contributed by atoms with Crippen LogP contribution in [0.5, 0.6) is 0 Å². The molecule has 0 saturated heterocycles. The highest BCUT2D eigenvalue weighted by Gasteiger charge is 2.00. The highest BCUT2D eigenvalue weighted by molar-refractivity contribution is 5.68. The van der Waals surface area contributed by atoms with Gasteiger partial charge in [-0.25, -0.2) is 0 Å². The van der Waals surface area contributed by atoms with E-state index in [1.165, 1.54) is 25.7 Å². The molecule has 0 unspecified atom stereocenters. The van der Waals surface area contributed by atoms with Crippen LogP contribution < -0.4 is 5.73 Å². The molecule has 0 aliphatic rings. The summed E-state index contributed by atoms with van der Waals surface area (Å²) in [5.41, 5.74) is 4.57. The van der Waals surface area contributed by atoms with Gasteiger partial charge in [0.15, 0.2) is 0 Å². The van der Waals surface area contributed by atoms with Gasteiger partial charge in [-0.2, -0.15) is 0 Å². The molecule has 0 saturated carbocycles. The highest BCUT2D eigenvalue weighted by atomic mass is 16.4. The minimum atomic E-state index is -0.968. The van der Waals surface area contributed by atoms with Gasteiger partial charge in [-0.05, 0) is 32.1 Å². The lowest BCUT2D eigenvalue weighted by Gasteiger charge is -2.07. The summed E-state index contributed by atoms with van der Waals surface area (Å²) in [6.07, 6.45) is 17.4. The Morgan fingerprint density at radius 3 is 2.04 bits per heavy atom. The minimum Gasteiger partial charge on any atom is -0.481 e. The molecule has 0 spiro atoms. The van der Waals surface area contributed by atoms with Crippen molar-refractivity contribution in [3.05, 3.63) is 12.2 Å². The Hall–Kier alpha value is -1.40. The van der Waals surface area contributed by atoms with Crippen LogP contribution in [0.25, 0.3) is 0 Å². The number of carbonyl (C=O) groups is 2. The molecular formula is C20H39NO5. The number of allylic oxidation sites excluding steroid dienone is 1. The third kappa shape index (κ3) is 27.4. The second kappa shape index (κ2) is 21.6. The van der Waals surface area contributed by atoms with E-state index in [0.717, 1.165) is 51.4 Å². The summed E-state index contributed by atoms with van der Waals surface area (Å²) >= 11 is 0. The number of aliphatic hydroxyl groups excluding tert-OH is 1. The smallest absolute Gasteiger partial charge is 0.317 e. The van der Waals surface area contributed by atoms with Crippen molar-refractivity contribution in [2.24, 2.45) is 5.73 Å². The zero-order valence-electron chi connectivity index (χ0n) is 16.4. The lowest BCUT2D eigenvalue weighted by atomic mass is 10.1. The third-order valence-corrected chi connectivity index (χ3v) is 3.90. The molecule has 6 nitrogen and oxygen atoms in total. The predicted molar refractivity (Wildman–Crippen MR) is 105 cm³/mol. The molecule has 6 heteroatoms. The molecule has 5 N–H and O–H groups in total. The van der Waals surface area contributed by atoms with Crippen molar-refractivity contribution in [1.29, 1.82) is 0 Å². The largest absolute Gasteiger partial charge is 0.481 e. The molecule has 0 fully saturated rings. The fourth-order valence-corrected chi connectivity index (χ4v) is 2.36. The molecule has 0 amide bonds. The van der Waals surface area contributed by atoms with Crippen LogP contribution >= 0.6 is 0 Å². The summed E-state index contributed by atoms with van der Waals surface area (Å²) in [7, 11) is 0. The van der Waals surface area contributed by atoms with E-state index in [4.69, 9.17) is 10.2 Å². The second-order valence-electron chi connectivity index (χ2n) is 6.51. The van der Waals surface area contributed by atoms with Crippen molar-refractivity contribution >= 4 is 11.9 Å². The highest BCUT2D eigenvalue weighted by Crippen LogP contribution is 2.10. The molecule has 0 aliphatic heterocycles. The van der Waals surface area contributed by atoms with E-state index in [0.29, 0.717) is 6.42 Å². The molecule has 0 aromatic carbocycles. The Morgan fingerprint density at radius 2 is 1.46 bits per heavy atom. The molecule has 0 aliphatic carbocycles. The molecular weight excluding hydrogens is 334 g/mol. The van der Waals surface area contributed by atoms with Crippen LogP contribution in [0.2, 0.25) is 0 Å². The number of carboxylic acids is 2. The van der Waals surface area contributed by atoms with Gasteiger partial charge in [-0.1, -0.05) is 64.0 Å². The van der Waals surface area contributed by atoms with Crippen molar-refractivity contribution in [3.8, 4) is 0 Å². The number of nitrogens with two attached hydrogens (primary N) is 1. The van der Waals surface area contributed by atoms with Crippen LogP contribution in [0.15, 0.2) is 12.2 Å². The Labute approximate surface area is 158 Å². The molecule has 1 atom stereocenters. The zero-order chi connectivity index (χ0) is 20.0. The maximum absolute atomic E-state index is 10.3. The Bertz CT molecular complexity index is 358. The van der Waals surface area contributed by atoms with Crippen molar-refractivity contribution in [3.63, 3.8) is 0 Å². The first kappa shape index (κ1) is 26.8. The van der Waals surface area contributed by atoms with E-state index < -0.39 is 11.9 Å². The van der Waals surface area contributed by atoms with Gasteiger partial charge in [-0.15, -0.1) is 0 Å². The molecule has 0 rings (SSSR count). The quantitative estimate of drug-likeness (QED) is 0.239. The first-order valence-electron chi connectivity index (χ1n) is 9.90. The summed E-state index contributed by atoms with van der Waals surface area (Å²) < 4.78 is 0. The molecule has 26 heavy (non-hydrogen) atoms. The van der Waals surface area contributed by atoms with E-state index in [-0.39, 0.29) is 12.6 Å². The van der Waals surface area contributed by atoms with Crippen LogP contribution in [-0.2, 0) is 9.59 Å². The third-order valence-electron chi connectivity index (χ3n) is 3.90. The average molecular weight is 374 g/mol. The normalized spacial score (nSPS) is 11.8. The Kier molecular flexibility index (Phi) is 22.3. The standard InChI is InChI=1S/C18H34O3.C2H5NO2/c1-2-3-4-11-14-17(19)15-12-9-7-5-6-8-10-13-16-18(20)21;3-1-2(4)5/h9,12,17,19H,2-8,10-11,13-16H2,1H3,(H,20,21);1,3H2,(H,4,5)/b12-9-;/t17-;/m1./s1. The van der Waals surface area contributed by atoms with Gasteiger partial charge in [0.2, 0.25) is 0 Å². The molecule has 0 heterocycles. The number of unbranched alkanes of at least 4 members (excludes halogenated alkanes) is 8. The molecule has 0 bridgehead atoms.